The minimum absolute atomic E-state index is 0.0585. The lowest BCUT2D eigenvalue weighted by molar-refractivity contribution is -0.385. The summed E-state index contributed by atoms with van der Waals surface area (Å²) < 4.78 is 26.6. The summed E-state index contributed by atoms with van der Waals surface area (Å²) in [5, 5.41) is 10.8. The summed E-state index contributed by atoms with van der Waals surface area (Å²) >= 11 is 0. The molecule has 2 aromatic rings. The number of benzene rings is 2. The molecule has 2 rings (SSSR count). The van der Waals surface area contributed by atoms with Crippen LogP contribution >= 0.6 is 0 Å². The van der Waals surface area contributed by atoms with Crippen molar-refractivity contribution in [3.63, 3.8) is 0 Å². The molecule has 0 bridgehead atoms. The molecule has 0 aromatic heterocycles. The highest BCUT2D eigenvalue weighted by molar-refractivity contribution is 7.92. The molecule has 2 N–H and O–H groups in total. The topological polar surface area (TPSA) is 124 Å². The summed E-state index contributed by atoms with van der Waals surface area (Å²) in [6, 6.07) is 9.50. The number of nitro benzene ring substituents is 1. The molecule has 8 nitrogen and oxygen atoms in total. The number of hydrogen-bond donors (Lipinski definition) is 1. The van der Waals surface area contributed by atoms with Crippen LogP contribution in [0.2, 0.25) is 0 Å². The van der Waals surface area contributed by atoms with Gasteiger partial charge in [-0.15, -0.1) is 0 Å². The monoisotopic (exact) mass is 349 g/mol. The molecule has 1 amide bonds. The van der Waals surface area contributed by atoms with Gasteiger partial charge in [0.2, 0.25) is 0 Å². The Morgan fingerprint density at radius 1 is 1.21 bits per heavy atom. The Bertz CT molecular complexity index is 924. The number of primary amides is 1. The molecule has 0 aliphatic carbocycles. The fraction of sp³-hybridized carbons (Fsp3) is 0.133. The molecule has 0 unspecified atom stereocenters. The van der Waals surface area contributed by atoms with E-state index in [0.717, 1.165) is 10.4 Å². The first-order chi connectivity index (χ1) is 11.2. The number of carbonyl (C=O) groups is 1. The van der Waals surface area contributed by atoms with Gasteiger partial charge < -0.3 is 5.73 Å². The lowest BCUT2D eigenvalue weighted by atomic mass is 10.2. The van der Waals surface area contributed by atoms with E-state index in [0.29, 0.717) is 0 Å². The van der Waals surface area contributed by atoms with Gasteiger partial charge >= 0.3 is 0 Å². The molecular formula is C15H15N3O5S. The molecule has 0 heterocycles. The number of nitro groups is 1. The minimum Gasteiger partial charge on any atom is -0.366 e. The third kappa shape index (κ3) is 3.06. The molecule has 0 fully saturated rings. The largest absolute Gasteiger partial charge is 0.366 e. The molecule has 126 valence electrons. The third-order valence-corrected chi connectivity index (χ3v) is 5.45. The van der Waals surface area contributed by atoms with Crippen LogP contribution in [0, 0.1) is 17.0 Å². The quantitative estimate of drug-likeness (QED) is 0.651. The summed E-state index contributed by atoms with van der Waals surface area (Å²) in [7, 11) is -2.73. The van der Waals surface area contributed by atoms with Crippen molar-refractivity contribution in [2.45, 2.75) is 11.8 Å². The second kappa shape index (κ2) is 6.28. The van der Waals surface area contributed by atoms with E-state index in [9.17, 15) is 23.3 Å². The Morgan fingerprint density at radius 3 is 2.38 bits per heavy atom. The van der Waals surface area contributed by atoms with Crippen LogP contribution in [0.5, 0.6) is 0 Å². The Labute approximate surface area is 138 Å². The molecule has 9 heteroatoms. The molecule has 24 heavy (non-hydrogen) atoms. The second-order valence-corrected chi connectivity index (χ2v) is 7.00. The lowest BCUT2D eigenvalue weighted by Crippen LogP contribution is -2.29. The van der Waals surface area contributed by atoms with Gasteiger partial charge in [0.1, 0.15) is 0 Å². The predicted octanol–water partition coefficient (Wildman–Crippen LogP) is 1.83. The average molecular weight is 349 g/mol. The molecular weight excluding hydrogens is 334 g/mol. The van der Waals surface area contributed by atoms with E-state index in [2.05, 4.69) is 0 Å². The van der Waals surface area contributed by atoms with E-state index in [1.807, 2.05) is 0 Å². The maximum Gasteiger partial charge on any atom is 0.269 e. The van der Waals surface area contributed by atoms with Crippen molar-refractivity contribution in [3.05, 3.63) is 63.7 Å². The number of nitrogens with zero attached hydrogens (tertiary/aromatic N) is 2. The van der Waals surface area contributed by atoms with Gasteiger partial charge in [-0.1, -0.05) is 12.1 Å². The van der Waals surface area contributed by atoms with Crippen LogP contribution in [0.1, 0.15) is 15.9 Å². The molecule has 0 spiro atoms. The van der Waals surface area contributed by atoms with Crippen molar-refractivity contribution in [1.82, 2.24) is 0 Å². The lowest BCUT2D eigenvalue weighted by Gasteiger charge is -2.22. The first-order valence-electron chi connectivity index (χ1n) is 6.79. The van der Waals surface area contributed by atoms with Gasteiger partial charge in [0.15, 0.2) is 0 Å². The van der Waals surface area contributed by atoms with Gasteiger partial charge in [0, 0.05) is 19.2 Å². The zero-order valence-electron chi connectivity index (χ0n) is 13.0. The Kier molecular flexibility index (Phi) is 4.56. The number of rotatable bonds is 5. The van der Waals surface area contributed by atoms with Crippen molar-refractivity contribution < 1.29 is 18.1 Å². The summed E-state index contributed by atoms with van der Waals surface area (Å²) in [6.45, 7) is 1.47. The van der Waals surface area contributed by atoms with Gasteiger partial charge in [-0.2, -0.15) is 0 Å². The summed E-state index contributed by atoms with van der Waals surface area (Å²) in [5.74, 6) is -0.756. The molecule has 0 saturated carbocycles. The smallest absolute Gasteiger partial charge is 0.269 e. The normalized spacial score (nSPS) is 11.1. The van der Waals surface area contributed by atoms with Gasteiger partial charge in [0.25, 0.3) is 21.6 Å². The van der Waals surface area contributed by atoms with E-state index in [4.69, 9.17) is 5.73 Å². The standard InChI is InChI=1S/C15H15N3O5S/c1-10-9-11(18(20)21)7-8-14(10)24(22,23)17(2)13-6-4-3-5-12(13)15(16)19/h3-9H,1-2H3,(H2,16,19). The van der Waals surface area contributed by atoms with Gasteiger partial charge in [0.05, 0.1) is 21.1 Å². The number of carbonyl (C=O) groups excluding carboxylic acids is 1. The number of sulfonamides is 1. The summed E-state index contributed by atoms with van der Waals surface area (Å²) in [4.78, 5) is 21.6. The number of aryl methyl sites for hydroxylation is 1. The Hall–Kier alpha value is -2.94. The van der Waals surface area contributed by atoms with Crippen molar-refractivity contribution in [2.75, 3.05) is 11.4 Å². The van der Waals surface area contributed by atoms with E-state index in [-0.39, 0.29) is 27.4 Å². The summed E-state index contributed by atoms with van der Waals surface area (Å²) in [5.41, 5.74) is 5.50. The van der Waals surface area contributed by atoms with Crippen LogP contribution in [0.3, 0.4) is 0 Å². The maximum absolute atomic E-state index is 12.8. The van der Waals surface area contributed by atoms with E-state index in [1.54, 1.807) is 12.1 Å². The Balaban J connectivity index is 2.55. The SMILES string of the molecule is Cc1cc([N+](=O)[O-])ccc1S(=O)(=O)N(C)c1ccccc1C(N)=O. The molecule has 0 aliphatic rings. The zero-order valence-corrected chi connectivity index (χ0v) is 13.8. The molecule has 0 atom stereocenters. The number of non-ortho nitro benzene ring substituents is 1. The highest BCUT2D eigenvalue weighted by Gasteiger charge is 2.26. The van der Waals surface area contributed by atoms with Crippen molar-refractivity contribution >= 4 is 27.3 Å². The highest BCUT2D eigenvalue weighted by Crippen LogP contribution is 2.28. The van der Waals surface area contributed by atoms with Gasteiger partial charge in [-0.25, -0.2) is 8.42 Å². The fourth-order valence-corrected chi connectivity index (χ4v) is 3.69. The molecule has 0 aliphatic heterocycles. The Morgan fingerprint density at radius 2 is 1.83 bits per heavy atom. The number of anilines is 1. The van der Waals surface area contributed by atoms with Gasteiger partial charge in [-0.05, 0) is 30.7 Å². The van der Waals surface area contributed by atoms with Crippen molar-refractivity contribution in [3.8, 4) is 0 Å². The first kappa shape index (κ1) is 17.4. The van der Waals surface area contributed by atoms with Crippen LogP contribution in [0.25, 0.3) is 0 Å². The van der Waals surface area contributed by atoms with E-state index < -0.39 is 20.9 Å². The van der Waals surface area contributed by atoms with Crippen molar-refractivity contribution in [1.29, 1.82) is 0 Å². The highest BCUT2D eigenvalue weighted by atomic mass is 32.2. The van der Waals surface area contributed by atoms with Gasteiger partial charge in [-0.3, -0.25) is 19.2 Å². The van der Waals surface area contributed by atoms with Crippen LogP contribution in [-0.2, 0) is 10.0 Å². The minimum atomic E-state index is -4.02. The number of hydrogen-bond acceptors (Lipinski definition) is 5. The van der Waals surface area contributed by atoms with Crippen LogP contribution in [-0.4, -0.2) is 26.3 Å². The van der Waals surface area contributed by atoms with Crippen LogP contribution in [0.15, 0.2) is 47.4 Å². The summed E-state index contributed by atoms with van der Waals surface area (Å²) in [6.07, 6.45) is 0. The van der Waals surface area contributed by atoms with E-state index in [1.165, 1.54) is 38.2 Å². The molecule has 0 radical (unpaired) electrons. The maximum atomic E-state index is 12.8. The van der Waals surface area contributed by atoms with Crippen molar-refractivity contribution in [2.24, 2.45) is 5.73 Å². The number of nitrogens with two attached hydrogens (primary N) is 1. The predicted molar refractivity (Wildman–Crippen MR) is 88.4 cm³/mol. The second-order valence-electron chi connectivity index (χ2n) is 5.06. The zero-order chi connectivity index (χ0) is 18.1. The molecule has 2 aromatic carbocycles. The van der Waals surface area contributed by atoms with Crippen LogP contribution < -0.4 is 10.0 Å². The number of amides is 1. The molecule has 0 saturated heterocycles. The fourth-order valence-electron chi connectivity index (χ4n) is 2.27. The van der Waals surface area contributed by atoms with Crippen LogP contribution in [0.4, 0.5) is 11.4 Å². The average Bonchev–Trinajstić information content (AvgIpc) is 2.53. The van der Waals surface area contributed by atoms with E-state index >= 15 is 0 Å². The third-order valence-electron chi connectivity index (χ3n) is 3.52. The first-order valence-corrected chi connectivity index (χ1v) is 8.23. The number of para-hydroxylation sites is 1.